The molecule has 0 aliphatic carbocycles. The number of rotatable bonds is 8. The molecule has 0 saturated heterocycles. The van der Waals surface area contributed by atoms with Gasteiger partial charge in [-0.1, -0.05) is 0 Å². The van der Waals surface area contributed by atoms with Crippen molar-refractivity contribution < 1.29 is 49.0 Å². The first-order valence-corrected chi connectivity index (χ1v) is 7.72. The quantitative estimate of drug-likeness (QED) is 0.305. The van der Waals surface area contributed by atoms with Gasteiger partial charge in [-0.15, -0.1) is 8.58 Å². The number of carbonyl (C=O) groups is 3. The van der Waals surface area contributed by atoms with Gasteiger partial charge in [0.15, 0.2) is 0 Å². The van der Waals surface area contributed by atoms with Gasteiger partial charge in [-0.3, -0.25) is 9.59 Å². The molecule has 0 rings (SSSR count). The number of carboxylic acid groups (broad SMARTS) is 1. The molecule has 0 aromatic carbocycles. The minimum absolute atomic E-state index is 0. The Hall–Kier alpha value is -0.200. The second kappa shape index (κ2) is 11.5. The van der Waals surface area contributed by atoms with Gasteiger partial charge in [0, 0.05) is 0 Å². The molecule has 0 heterocycles. The summed E-state index contributed by atoms with van der Waals surface area (Å²) in [5, 5.41) is 15.1. The Morgan fingerprint density at radius 2 is 1.65 bits per heavy atom. The zero-order valence-corrected chi connectivity index (χ0v) is 15.4. The summed E-state index contributed by atoms with van der Waals surface area (Å²) in [5.74, 6) is -2.39. The number of nitrogens with one attached hydrogen (secondary N) is 2. The van der Waals surface area contributed by atoms with Gasteiger partial charge in [-0.2, -0.15) is 0 Å². The van der Waals surface area contributed by atoms with Crippen LogP contribution in [0.25, 0.3) is 0 Å². The Morgan fingerprint density at radius 3 is 2.10 bits per heavy atom. The summed E-state index contributed by atoms with van der Waals surface area (Å²) in [6, 6.07) is -2.60. The number of hydrogen-bond acceptors (Lipinski definition) is 5. The molecule has 0 aliphatic heterocycles. The van der Waals surface area contributed by atoms with Crippen molar-refractivity contribution in [1.29, 1.82) is 0 Å². The van der Waals surface area contributed by atoms with Crippen LogP contribution in [0.4, 0.5) is 0 Å². The van der Waals surface area contributed by atoms with Crippen LogP contribution in [-0.4, -0.2) is 48.7 Å². The molecule has 2 amide bonds. The van der Waals surface area contributed by atoms with Crippen molar-refractivity contribution in [3.8, 4) is 0 Å². The average Bonchev–Trinajstić information content (AvgIpc) is 2.35. The first-order chi connectivity index (χ1) is 8.79. The molecule has 20 heavy (non-hydrogen) atoms. The maximum atomic E-state index is 11.6. The number of carbonyl (C=O) groups excluding carboxylic acids is 3. The molecule has 2 unspecified atom stereocenters. The topological polar surface area (TPSA) is 124 Å². The Balaban J connectivity index is 0. The van der Waals surface area contributed by atoms with Gasteiger partial charge in [-0.05, 0) is 33.1 Å². The summed E-state index contributed by atoms with van der Waals surface area (Å²) >= 11 is 0. The molecule has 110 valence electrons. The zero-order chi connectivity index (χ0) is 15.0. The second-order valence-electron chi connectivity index (χ2n) is 4.28. The molecule has 0 saturated carbocycles. The Bertz CT molecular complexity index is 344. The van der Waals surface area contributed by atoms with Gasteiger partial charge >= 0.3 is 29.6 Å². The second-order valence-corrected chi connectivity index (χ2v) is 5.49. The van der Waals surface area contributed by atoms with E-state index in [0.717, 1.165) is 6.16 Å². The van der Waals surface area contributed by atoms with Crippen molar-refractivity contribution >= 4 is 26.4 Å². The molecule has 0 spiro atoms. The van der Waals surface area contributed by atoms with Crippen molar-refractivity contribution in [2.75, 3.05) is 12.8 Å². The minimum atomic E-state index is -1.38. The van der Waals surface area contributed by atoms with Crippen LogP contribution in [0.3, 0.4) is 0 Å². The third-order valence-electron chi connectivity index (χ3n) is 2.51. The van der Waals surface area contributed by atoms with Gasteiger partial charge in [0.2, 0.25) is 11.8 Å². The number of aliphatic carboxylic acids is 1. The molecule has 0 fully saturated rings. The van der Waals surface area contributed by atoms with Crippen LogP contribution in [0.5, 0.6) is 0 Å². The Kier molecular flexibility index (Phi) is 12.7. The van der Waals surface area contributed by atoms with Gasteiger partial charge in [0.1, 0.15) is 6.04 Å². The molecule has 0 aliphatic rings. The molecule has 4 N–H and O–H groups in total. The van der Waals surface area contributed by atoms with E-state index >= 15 is 0 Å². The summed E-state index contributed by atoms with van der Waals surface area (Å²) in [6.45, 7) is 4.77. The molecule has 0 radical (unpaired) electrons. The van der Waals surface area contributed by atoms with Crippen molar-refractivity contribution in [3.63, 3.8) is 0 Å². The van der Waals surface area contributed by atoms with E-state index in [0.29, 0.717) is 15.0 Å². The van der Waals surface area contributed by atoms with Crippen molar-refractivity contribution in [3.05, 3.63) is 0 Å². The van der Waals surface area contributed by atoms with Crippen LogP contribution in [0, 0.1) is 0 Å². The van der Waals surface area contributed by atoms with Crippen LogP contribution < -0.4 is 51.0 Å². The molecule has 0 aromatic rings. The summed E-state index contributed by atoms with van der Waals surface area (Å²) in [6.07, 6.45) is 1.42. The largest absolute Gasteiger partial charge is 1.00 e. The normalized spacial score (nSPS) is 15.0. The van der Waals surface area contributed by atoms with Crippen LogP contribution in [0.15, 0.2) is 0 Å². The number of hydrogen-bond donors (Lipinski definition) is 3. The summed E-state index contributed by atoms with van der Waals surface area (Å²) in [4.78, 5) is 33.7. The van der Waals surface area contributed by atoms with Gasteiger partial charge in [0.25, 0.3) is 0 Å². The van der Waals surface area contributed by atoms with E-state index in [1.165, 1.54) is 13.8 Å². The fourth-order valence-electron chi connectivity index (χ4n) is 1.21. The fraction of sp³-hybridized carbons (Fsp3) is 0.727. The molecular formula is C11H21N3NaO4P. The number of amides is 2. The molecule has 0 aromatic heterocycles. The summed E-state index contributed by atoms with van der Waals surface area (Å²) in [5.41, 5.74) is 5.66. The Labute approximate surface area is 142 Å². The van der Waals surface area contributed by atoms with E-state index in [2.05, 4.69) is 10.6 Å². The predicted octanol–water partition coefficient (Wildman–Crippen LogP) is -5.22. The molecule has 7 nitrogen and oxygen atoms in total. The first-order valence-electron chi connectivity index (χ1n) is 6.01. The third-order valence-corrected chi connectivity index (χ3v) is 3.30. The number of nitrogens with two attached hydrogens (primary N) is 1. The van der Waals surface area contributed by atoms with E-state index in [1.807, 2.05) is 6.66 Å². The smallest absolute Gasteiger partial charge is 0.548 e. The van der Waals surface area contributed by atoms with E-state index < -0.39 is 35.9 Å². The van der Waals surface area contributed by atoms with E-state index in [9.17, 15) is 19.5 Å². The monoisotopic (exact) mass is 313 g/mol. The number of carboxylic acids is 1. The van der Waals surface area contributed by atoms with E-state index in [-0.39, 0.29) is 29.6 Å². The maximum absolute atomic E-state index is 11.6. The van der Waals surface area contributed by atoms with Gasteiger partial charge in [0.05, 0.1) is 18.1 Å². The molecular weight excluding hydrogens is 292 g/mol. The van der Waals surface area contributed by atoms with Gasteiger partial charge < -0.3 is 26.3 Å². The van der Waals surface area contributed by atoms with Crippen LogP contribution in [0.2, 0.25) is 0 Å². The molecule has 0 bridgehead atoms. The summed E-state index contributed by atoms with van der Waals surface area (Å²) < 4.78 is 0. The summed E-state index contributed by atoms with van der Waals surface area (Å²) in [7, 11) is 0.717. The Morgan fingerprint density at radius 1 is 1.15 bits per heavy atom. The predicted molar refractivity (Wildman–Crippen MR) is 71.9 cm³/mol. The van der Waals surface area contributed by atoms with E-state index in [1.54, 1.807) is 0 Å². The SMILES string of the molecule is CPCCC(N)C(=O)N[C@@H](C)C(=O)N[C@@H](C)C(=O)[O-].[Na+]. The van der Waals surface area contributed by atoms with Crippen LogP contribution >= 0.6 is 8.58 Å². The standard InChI is InChI=1S/C11H22N3O4P.Na/c1-6(9(15)14-7(2)11(17)18)13-10(16)8(12)4-5-19-3;/h6-8,19H,4-5,12H2,1-3H3,(H,13,16)(H,14,15)(H,17,18);/q;+1/p-1/t6-,7-,8?;/m0./s1. The van der Waals surface area contributed by atoms with Crippen molar-refractivity contribution in [1.82, 2.24) is 10.6 Å². The van der Waals surface area contributed by atoms with E-state index in [4.69, 9.17) is 5.73 Å². The molecule has 9 heteroatoms. The fourth-order valence-corrected chi connectivity index (χ4v) is 1.81. The third kappa shape index (κ3) is 8.87. The van der Waals surface area contributed by atoms with Crippen molar-refractivity contribution in [2.24, 2.45) is 5.73 Å². The minimum Gasteiger partial charge on any atom is -0.548 e. The van der Waals surface area contributed by atoms with Crippen LogP contribution in [-0.2, 0) is 14.4 Å². The first kappa shape index (κ1) is 22.1. The zero-order valence-electron chi connectivity index (χ0n) is 12.4. The maximum Gasteiger partial charge on any atom is 1.00 e. The average molecular weight is 313 g/mol. The van der Waals surface area contributed by atoms with Gasteiger partial charge in [-0.25, -0.2) is 0 Å². The van der Waals surface area contributed by atoms with Crippen LogP contribution in [0.1, 0.15) is 20.3 Å². The van der Waals surface area contributed by atoms with Crippen molar-refractivity contribution in [2.45, 2.75) is 38.4 Å². The molecule has 4 atom stereocenters.